The molecule has 2 aromatic heterocycles. The van der Waals surface area contributed by atoms with Crippen LogP contribution >= 0.6 is 34.3 Å². The summed E-state index contributed by atoms with van der Waals surface area (Å²) in [6.07, 6.45) is 0. The molecule has 0 unspecified atom stereocenters. The van der Waals surface area contributed by atoms with Gasteiger partial charge in [-0.25, -0.2) is 8.42 Å². The molecule has 0 saturated carbocycles. The summed E-state index contributed by atoms with van der Waals surface area (Å²) in [6.45, 7) is 2.32. The molecule has 4 nitrogen and oxygen atoms in total. The van der Waals surface area contributed by atoms with Crippen LogP contribution in [0.5, 0.6) is 0 Å². The fourth-order valence-corrected chi connectivity index (χ4v) is 5.35. The van der Waals surface area contributed by atoms with Crippen molar-refractivity contribution in [1.29, 1.82) is 0 Å². The Bertz CT molecular complexity index is 733. The zero-order valence-corrected chi connectivity index (χ0v) is 14.5. The maximum Gasteiger partial charge on any atom is 0.235 e. The number of rotatable bonds is 6. The van der Waals surface area contributed by atoms with Gasteiger partial charge in [-0.05, 0) is 36.1 Å². The average Bonchev–Trinajstić information content (AvgIpc) is 2.94. The SMILES string of the molecule is Cc1ccsc1CNC(=O)CS(=O)(=O)Cc1ccc(Cl)s1. The molecule has 0 fully saturated rings. The summed E-state index contributed by atoms with van der Waals surface area (Å²) >= 11 is 8.51. The highest BCUT2D eigenvalue weighted by molar-refractivity contribution is 7.91. The maximum absolute atomic E-state index is 12.0. The molecule has 2 aromatic rings. The summed E-state index contributed by atoms with van der Waals surface area (Å²) in [5.74, 6) is -1.14. The predicted molar refractivity (Wildman–Crippen MR) is 87.7 cm³/mol. The van der Waals surface area contributed by atoms with Crippen LogP contribution < -0.4 is 5.32 Å². The third-order valence-electron chi connectivity index (χ3n) is 2.76. The number of amides is 1. The summed E-state index contributed by atoms with van der Waals surface area (Å²) in [5, 5.41) is 4.58. The molecule has 0 bridgehead atoms. The molecule has 0 aliphatic rings. The molecule has 0 aliphatic carbocycles. The van der Waals surface area contributed by atoms with Gasteiger partial charge in [-0.15, -0.1) is 22.7 Å². The van der Waals surface area contributed by atoms with E-state index in [9.17, 15) is 13.2 Å². The van der Waals surface area contributed by atoms with Gasteiger partial charge in [-0.3, -0.25) is 4.79 Å². The topological polar surface area (TPSA) is 63.2 Å². The zero-order valence-electron chi connectivity index (χ0n) is 11.3. The van der Waals surface area contributed by atoms with Crippen molar-refractivity contribution in [2.45, 2.75) is 19.2 Å². The fraction of sp³-hybridized carbons (Fsp3) is 0.308. The number of nitrogens with one attached hydrogen (secondary N) is 1. The van der Waals surface area contributed by atoms with Crippen LogP contribution in [0.1, 0.15) is 15.3 Å². The number of aryl methyl sites for hydroxylation is 1. The zero-order chi connectivity index (χ0) is 15.5. The number of sulfone groups is 1. The molecule has 0 spiro atoms. The molecule has 0 radical (unpaired) electrons. The van der Waals surface area contributed by atoms with Crippen molar-refractivity contribution in [1.82, 2.24) is 5.32 Å². The highest BCUT2D eigenvalue weighted by Gasteiger charge is 2.18. The van der Waals surface area contributed by atoms with Crippen LogP contribution in [0, 0.1) is 6.92 Å². The van der Waals surface area contributed by atoms with Crippen LogP contribution in [0.25, 0.3) is 0 Å². The third kappa shape index (κ3) is 5.10. The van der Waals surface area contributed by atoms with E-state index in [1.54, 1.807) is 12.1 Å². The summed E-state index contributed by atoms with van der Waals surface area (Å²) < 4.78 is 24.4. The van der Waals surface area contributed by atoms with E-state index in [4.69, 9.17) is 11.6 Å². The van der Waals surface area contributed by atoms with E-state index in [1.165, 1.54) is 22.7 Å². The van der Waals surface area contributed by atoms with E-state index in [0.29, 0.717) is 15.8 Å². The smallest absolute Gasteiger partial charge is 0.235 e. The second kappa shape index (κ2) is 6.91. The number of carbonyl (C=O) groups is 1. The summed E-state index contributed by atoms with van der Waals surface area (Å²) in [4.78, 5) is 13.4. The lowest BCUT2D eigenvalue weighted by atomic mass is 10.3. The first-order valence-corrected chi connectivity index (χ1v) is 9.99. The van der Waals surface area contributed by atoms with Crippen LogP contribution in [-0.2, 0) is 26.9 Å². The molecule has 8 heteroatoms. The molecular weight excluding hydrogens is 350 g/mol. The van der Waals surface area contributed by atoms with Gasteiger partial charge in [0.25, 0.3) is 0 Å². The normalized spacial score (nSPS) is 11.5. The van der Waals surface area contributed by atoms with Gasteiger partial charge in [0.15, 0.2) is 9.84 Å². The minimum atomic E-state index is -3.48. The summed E-state index contributed by atoms with van der Waals surface area (Å²) in [6, 6.07) is 5.28. The molecule has 2 rings (SSSR count). The minimum absolute atomic E-state index is 0.157. The molecule has 21 heavy (non-hydrogen) atoms. The van der Waals surface area contributed by atoms with Crippen LogP contribution in [0.4, 0.5) is 0 Å². The van der Waals surface area contributed by atoms with E-state index < -0.39 is 21.5 Å². The number of hydrogen-bond acceptors (Lipinski definition) is 5. The number of thiophene rings is 2. The van der Waals surface area contributed by atoms with E-state index in [0.717, 1.165) is 10.4 Å². The van der Waals surface area contributed by atoms with Crippen molar-refractivity contribution < 1.29 is 13.2 Å². The number of halogens is 1. The standard InChI is InChI=1S/C13H14ClNO3S3/c1-9-4-5-19-11(9)6-15-13(16)8-21(17,18)7-10-2-3-12(14)20-10/h2-5H,6-8H2,1H3,(H,15,16). The quantitative estimate of drug-likeness (QED) is 0.858. The summed E-state index contributed by atoms with van der Waals surface area (Å²) in [7, 11) is -3.48. The largest absolute Gasteiger partial charge is 0.350 e. The van der Waals surface area contributed by atoms with E-state index >= 15 is 0 Å². The minimum Gasteiger partial charge on any atom is -0.350 e. The Morgan fingerprint density at radius 3 is 2.67 bits per heavy atom. The number of carbonyl (C=O) groups excluding carboxylic acids is 1. The van der Waals surface area contributed by atoms with Gasteiger partial charge in [-0.2, -0.15) is 0 Å². The first-order chi connectivity index (χ1) is 9.85. The molecule has 0 saturated heterocycles. The molecule has 0 aromatic carbocycles. The van der Waals surface area contributed by atoms with Gasteiger partial charge in [0.2, 0.25) is 5.91 Å². The highest BCUT2D eigenvalue weighted by atomic mass is 35.5. The summed E-state index contributed by atoms with van der Waals surface area (Å²) in [5.41, 5.74) is 1.09. The molecule has 1 N–H and O–H groups in total. The monoisotopic (exact) mass is 363 g/mol. The Labute approximate surface area is 136 Å². The van der Waals surface area contributed by atoms with Crippen molar-refractivity contribution in [2.75, 3.05) is 5.75 Å². The molecule has 2 heterocycles. The molecule has 0 aliphatic heterocycles. The van der Waals surface area contributed by atoms with Crippen molar-refractivity contribution in [3.05, 3.63) is 43.2 Å². The van der Waals surface area contributed by atoms with Crippen LogP contribution in [0.3, 0.4) is 0 Å². The van der Waals surface area contributed by atoms with Crippen molar-refractivity contribution in [3.63, 3.8) is 0 Å². The Balaban J connectivity index is 1.88. The van der Waals surface area contributed by atoms with Crippen LogP contribution in [0.2, 0.25) is 4.34 Å². The van der Waals surface area contributed by atoms with Crippen LogP contribution in [0.15, 0.2) is 23.6 Å². The van der Waals surface area contributed by atoms with Gasteiger partial charge in [-0.1, -0.05) is 11.6 Å². The highest BCUT2D eigenvalue weighted by Crippen LogP contribution is 2.23. The lowest BCUT2D eigenvalue weighted by Crippen LogP contribution is -2.30. The Kier molecular flexibility index (Phi) is 5.43. The van der Waals surface area contributed by atoms with Gasteiger partial charge in [0.05, 0.1) is 16.6 Å². The lowest BCUT2D eigenvalue weighted by Gasteiger charge is -2.05. The van der Waals surface area contributed by atoms with Gasteiger partial charge < -0.3 is 5.32 Å². The molecular formula is C13H14ClNO3S3. The first-order valence-electron chi connectivity index (χ1n) is 6.10. The van der Waals surface area contributed by atoms with E-state index in [1.807, 2.05) is 18.4 Å². The lowest BCUT2D eigenvalue weighted by molar-refractivity contribution is -0.118. The number of hydrogen-bond donors (Lipinski definition) is 1. The predicted octanol–water partition coefficient (Wildman–Crippen LogP) is 3.00. The van der Waals surface area contributed by atoms with E-state index in [-0.39, 0.29) is 5.75 Å². The molecule has 1 amide bonds. The Hall–Kier alpha value is -0.890. The van der Waals surface area contributed by atoms with Crippen molar-refractivity contribution in [3.8, 4) is 0 Å². The second-order valence-electron chi connectivity index (χ2n) is 4.54. The van der Waals surface area contributed by atoms with Crippen molar-refractivity contribution in [2.24, 2.45) is 0 Å². The van der Waals surface area contributed by atoms with Gasteiger partial charge in [0, 0.05) is 9.75 Å². The molecule has 0 atom stereocenters. The van der Waals surface area contributed by atoms with Gasteiger partial charge in [0.1, 0.15) is 5.75 Å². The first kappa shape index (κ1) is 16.5. The second-order valence-corrected chi connectivity index (χ2v) is 9.41. The van der Waals surface area contributed by atoms with Crippen molar-refractivity contribution >= 4 is 50.0 Å². The maximum atomic E-state index is 12.0. The van der Waals surface area contributed by atoms with E-state index in [2.05, 4.69) is 5.32 Å². The van der Waals surface area contributed by atoms with Gasteiger partial charge >= 0.3 is 0 Å². The average molecular weight is 364 g/mol. The molecule has 114 valence electrons. The Morgan fingerprint density at radius 2 is 2.10 bits per heavy atom. The third-order valence-corrected chi connectivity index (χ3v) is 6.65. The van der Waals surface area contributed by atoms with Crippen LogP contribution in [-0.4, -0.2) is 20.1 Å². The Morgan fingerprint density at radius 1 is 1.33 bits per heavy atom. The fourth-order valence-electron chi connectivity index (χ4n) is 1.71.